The minimum absolute atomic E-state index is 0.123. The lowest BCUT2D eigenvalue weighted by Crippen LogP contribution is -2.11. The third kappa shape index (κ3) is 2.26. The van der Waals surface area contributed by atoms with Crippen LogP contribution in [0.5, 0.6) is 5.75 Å². The summed E-state index contributed by atoms with van der Waals surface area (Å²) >= 11 is 0. The van der Waals surface area contributed by atoms with Crippen molar-refractivity contribution in [2.24, 2.45) is 0 Å². The second kappa shape index (κ2) is 5.13. The Kier molecular flexibility index (Phi) is 3.17. The molecule has 0 spiro atoms. The summed E-state index contributed by atoms with van der Waals surface area (Å²) in [6.45, 7) is 6.31. The Bertz CT molecular complexity index is 1050. The van der Waals surface area contributed by atoms with Gasteiger partial charge in [-0.2, -0.15) is 0 Å². The predicted octanol–water partition coefficient (Wildman–Crippen LogP) is 6.26. The Morgan fingerprint density at radius 3 is 2.38 bits per heavy atom. The number of phenolic OH excluding ortho intramolecular Hbond substituents is 1. The fourth-order valence-electron chi connectivity index (χ4n) is 3.28. The number of phenols is 1. The van der Waals surface area contributed by atoms with E-state index in [-0.39, 0.29) is 5.41 Å². The number of rotatable bonds is 1. The second-order valence-corrected chi connectivity index (χ2v) is 7.26. The normalized spacial score (nSPS) is 12.1. The largest absolute Gasteiger partial charge is 0.508 e. The van der Waals surface area contributed by atoms with Crippen LogP contribution < -0.4 is 0 Å². The molecule has 0 bridgehead atoms. The first kappa shape index (κ1) is 14.8. The Labute approximate surface area is 141 Å². The van der Waals surface area contributed by atoms with Crippen LogP contribution in [0.2, 0.25) is 0 Å². The van der Waals surface area contributed by atoms with E-state index >= 15 is 0 Å². The first-order valence-electron chi connectivity index (χ1n) is 8.19. The molecule has 0 aliphatic carbocycles. The molecule has 4 aromatic rings. The number of benzene rings is 3. The fourth-order valence-corrected chi connectivity index (χ4v) is 3.28. The molecule has 2 heteroatoms. The van der Waals surface area contributed by atoms with Crippen LogP contribution >= 0.6 is 0 Å². The highest BCUT2D eigenvalue weighted by Crippen LogP contribution is 2.39. The molecule has 0 aliphatic heterocycles. The van der Waals surface area contributed by atoms with E-state index in [9.17, 15) is 5.11 Å². The minimum Gasteiger partial charge on any atom is -0.508 e. The molecule has 3 aromatic carbocycles. The molecular formula is C22H20O2. The molecule has 120 valence electrons. The molecule has 1 heterocycles. The highest BCUT2D eigenvalue weighted by Gasteiger charge is 2.20. The molecule has 1 aromatic heterocycles. The topological polar surface area (TPSA) is 33.4 Å². The van der Waals surface area contributed by atoms with Crippen molar-refractivity contribution in [3.8, 4) is 16.9 Å². The van der Waals surface area contributed by atoms with Crippen molar-refractivity contribution in [3.05, 3.63) is 66.2 Å². The van der Waals surface area contributed by atoms with Crippen molar-refractivity contribution < 1.29 is 9.52 Å². The summed E-state index contributed by atoms with van der Waals surface area (Å²) in [5, 5.41) is 12.5. The van der Waals surface area contributed by atoms with Gasteiger partial charge in [-0.1, -0.05) is 63.2 Å². The van der Waals surface area contributed by atoms with Crippen LogP contribution in [0.4, 0.5) is 0 Å². The van der Waals surface area contributed by atoms with Gasteiger partial charge in [-0.25, -0.2) is 0 Å². The number of aromatic hydroxyl groups is 1. The van der Waals surface area contributed by atoms with Crippen molar-refractivity contribution in [2.45, 2.75) is 26.2 Å². The first-order valence-corrected chi connectivity index (χ1v) is 8.19. The Morgan fingerprint density at radius 2 is 1.58 bits per heavy atom. The van der Waals surface area contributed by atoms with Gasteiger partial charge in [0.05, 0.1) is 0 Å². The highest BCUT2D eigenvalue weighted by atomic mass is 16.3. The quantitative estimate of drug-likeness (QED) is 0.450. The van der Waals surface area contributed by atoms with Crippen LogP contribution in [0.15, 0.2) is 65.1 Å². The summed E-state index contributed by atoms with van der Waals surface area (Å²) in [5.41, 5.74) is 4.71. The molecule has 0 amide bonds. The smallest absolute Gasteiger partial charge is 0.143 e. The van der Waals surface area contributed by atoms with E-state index in [0.29, 0.717) is 5.75 Å². The van der Waals surface area contributed by atoms with Gasteiger partial charge in [-0.3, -0.25) is 0 Å². The van der Waals surface area contributed by atoms with Crippen LogP contribution in [0.1, 0.15) is 26.3 Å². The van der Waals surface area contributed by atoms with Gasteiger partial charge >= 0.3 is 0 Å². The monoisotopic (exact) mass is 316 g/mol. The van der Waals surface area contributed by atoms with Crippen molar-refractivity contribution in [1.29, 1.82) is 0 Å². The summed E-state index contributed by atoms with van der Waals surface area (Å²) in [6, 6.07) is 20.1. The zero-order valence-electron chi connectivity index (χ0n) is 14.1. The maximum atomic E-state index is 10.2. The highest BCUT2D eigenvalue weighted by molar-refractivity contribution is 6.09. The third-order valence-corrected chi connectivity index (χ3v) is 4.52. The lowest BCUT2D eigenvalue weighted by Gasteiger charge is -2.21. The number of hydrogen-bond donors (Lipinski definition) is 1. The molecule has 4 rings (SSSR count). The van der Waals surface area contributed by atoms with E-state index in [0.717, 1.165) is 38.6 Å². The van der Waals surface area contributed by atoms with Crippen LogP contribution in [0.25, 0.3) is 33.1 Å². The third-order valence-electron chi connectivity index (χ3n) is 4.52. The summed E-state index contributed by atoms with van der Waals surface area (Å²) in [5.74, 6) is 0.336. The number of fused-ring (bicyclic) bond motifs is 3. The van der Waals surface area contributed by atoms with Crippen LogP contribution in [-0.4, -0.2) is 5.11 Å². The lowest BCUT2D eigenvalue weighted by molar-refractivity contribution is 0.447. The summed E-state index contributed by atoms with van der Waals surface area (Å²) in [6.07, 6.45) is 0. The van der Waals surface area contributed by atoms with E-state index in [1.807, 2.05) is 24.3 Å². The Hall–Kier alpha value is -2.74. The van der Waals surface area contributed by atoms with Gasteiger partial charge in [0.1, 0.15) is 16.9 Å². The molecular weight excluding hydrogens is 296 g/mol. The van der Waals surface area contributed by atoms with E-state index in [1.165, 1.54) is 0 Å². The van der Waals surface area contributed by atoms with Crippen LogP contribution in [0.3, 0.4) is 0 Å². The maximum absolute atomic E-state index is 10.2. The summed E-state index contributed by atoms with van der Waals surface area (Å²) < 4.78 is 6.13. The summed E-state index contributed by atoms with van der Waals surface area (Å²) in [7, 11) is 0. The van der Waals surface area contributed by atoms with Crippen LogP contribution in [-0.2, 0) is 5.41 Å². The van der Waals surface area contributed by atoms with Crippen molar-refractivity contribution >= 4 is 21.9 Å². The van der Waals surface area contributed by atoms with Gasteiger partial charge in [-0.15, -0.1) is 0 Å². The van der Waals surface area contributed by atoms with Gasteiger partial charge in [0.15, 0.2) is 0 Å². The van der Waals surface area contributed by atoms with Crippen molar-refractivity contribution in [1.82, 2.24) is 0 Å². The zero-order valence-corrected chi connectivity index (χ0v) is 14.1. The molecule has 0 saturated heterocycles. The first-order chi connectivity index (χ1) is 11.4. The molecule has 2 nitrogen and oxygen atoms in total. The Morgan fingerprint density at radius 1 is 0.833 bits per heavy atom. The van der Waals surface area contributed by atoms with E-state index in [4.69, 9.17) is 4.42 Å². The number of furan rings is 1. The molecule has 0 aliphatic rings. The molecule has 0 unspecified atom stereocenters. The standard InChI is InChI=1S/C22H20O2/c1-22(2,3)18-13-14(11-12-19(18)23)15-8-6-9-17-16-7-4-5-10-20(16)24-21(15)17/h4-13,23H,1-3H3. The minimum atomic E-state index is -0.123. The van der Waals surface area contributed by atoms with Crippen LogP contribution in [0, 0.1) is 0 Å². The van der Waals surface area contributed by atoms with Gasteiger partial charge in [0, 0.05) is 16.3 Å². The number of hydrogen-bond acceptors (Lipinski definition) is 2. The van der Waals surface area contributed by atoms with Gasteiger partial charge in [-0.05, 0) is 34.7 Å². The second-order valence-electron chi connectivity index (χ2n) is 7.26. The summed E-state index contributed by atoms with van der Waals surface area (Å²) in [4.78, 5) is 0. The van der Waals surface area contributed by atoms with Crippen molar-refractivity contribution in [2.75, 3.05) is 0 Å². The van der Waals surface area contributed by atoms with E-state index in [1.54, 1.807) is 6.07 Å². The molecule has 1 N–H and O–H groups in total. The lowest BCUT2D eigenvalue weighted by atomic mass is 9.84. The fraction of sp³-hybridized carbons (Fsp3) is 0.182. The van der Waals surface area contributed by atoms with Gasteiger partial charge in [0.25, 0.3) is 0 Å². The molecule has 0 saturated carbocycles. The SMILES string of the molecule is CC(C)(C)c1cc(-c2cccc3c2oc2ccccc23)ccc1O. The molecule has 24 heavy (non-hydrogen) atoms. The van der Waals surface area contributed by atoms with E-state index in [2.05, 4.69) is 51.1 Å². The zero-order chi connectivity index (χ0) is 16.9. The Balaban J connectivity index is 2.00. The van der Waals surface area contributed by atoms with Crippen molar-refractivity contribution in [3.63, 3.8) is 0 Å². The van der Waals surface area contributed by atoms with Gasteiger partial charge < -0.3 is 9.52 Å². The van der Waals surface area contributed by atoms with E-state index < -0.39 is 0 Å². The average Bonchev–Trinajstić information content (AvgIpc) is 2.93. The predicted molar refractivity (Wildman–Crippen MR) is 99.5 cm³/mol. The van der Waals surface area contributed by atoms with Gasteiger partial charge in [0.2, 0.25) is 0 Å². The average molecular weight is 316 g/mol. The maximum Gasteiger partial charge on any atom is 0.143 e. The molecule has 0 radical (unpaired) electrons. The number of para-hydroxylation sites is 2. The molecule has 0 fully saturated rings. The molecule has 0 atom stereocenters.